The molecule has 1 fully saturated rings. The lowest BCUT2D eigenvalue weighted by Gasteiger charge is -2.22. The molecule has 2 N–H and O–H groups in total. The van der Waals surface area contributed by atoms with Gasteiger partial charge in [0, 0.05) is 29.4 Å². The predicted molar refractivity (Wildman–Crippen MR) is 103 cm³/mol. The summed E-state index contributed by atoms with van der Waals surface area (Å²) in [6, 6.07) is 12.2. The van der Waals surface area contributed by atoms with Gasteiger partial charge in [-0.15, -0.1) is 12.4 Å². The van der Waals surface area contributed by atoms with Crippen LogP contribution in [0.2, 0.25) is 0 Å². The molecule has 1 aliphatic rings. The normalized spacial score (nSPS) is 20.2. The number of carbonyl (C=O) groups is 1. The molecule has 1 aromatic heterocycles. The second kappa shape index (κ2) is 6.36. The number of benzene rings is 2. The molecule has 1 amide bonds. The molecular formula is C20H23ClN2O2. The number of rotatable bonds is 2. The molecule has 3 aromatic rings. The Morgan fingerprint density at radius 2 is 2.00 bits per heavy atom. The first kappa shape index (κ1) is 17.8. The molecule has 4 rings (SSSR count). The fourth-order valence-electron chi connectivity index (χ4n) is 3.66. The molecule has 25 heavy (non-hydrogen) atoms. The summed E-state index contributed by atoms with van der Waals surface area (Å²) < 4.78 is 6.07. The molecule has 0 saturated carbocycles. The largest absolute Gasteiger partial charge is 0.450 e. The Hall–Kier alpha value is -2.04. The third kappa shape index (κ3) is 2.79. The number of hydrogen-bond donors (Lipinski definition) is 1. The van der Waals surface area contributed by atoms with Gasteiger partial charge >= 0.3 is 0 Å². The highest BCUT2D eigenvalue weighted by Crippen LogP contribution is 2.34. The third-order valence-corrected chi connectivity index (χ3v) is 5.36. The van der Waals surface area contributed by atoms with E-state index in [9.17, 15) is 4.79 Å². The van der Waals surface area contributed by atoms with Gasteiger partial charge in [-0.25, -0.2) is 0 Å². The lowest BCUT2D eigenvalue weighted by molar-refractivity contribution is 0.0747. The van der Waals surface area contributed by atoms with Gasteiger partial charge < -0.3 is 15.1 Å². The number of nitrogens with two attached hydrogens (primary N) is 1. The van der Waals surface area contributed by atoms with Gasteiger partial charge in [0.2, 0.25) is 0 Å². The topological polar surface area (TPSA) is 59.5 Å². The van der Waals surface area contributed by atoms with Crippen LogP contribution >= 0.6 is 12.4 Å². The number of halogens is 1. The maximum Gasteiger partial charge on any atom is 0.289 e. The van der Waals surface area contributed by atoms with Crippen molar-refractivity contribution in [2.45, 2.75) is 20.3 Å². The van der Waals surface area contributed by atoms with Crippen molar-refractivity contribution in [2.75, 3.05) is 19.6 Å². The number of amides is 1. The molecule has 1 atom stereocenters. The van der Waals surface area contributed by atoms with E-state index in [4.69, 9.17) is 10.2 Å². The van der Waals surface area contributed by atoms with Crippen LogP contribution in [0.3, 0.4) is 0 Å². The lowest BCUT2D eigenvalue weighted by atomic mass is 9.90. The van der Waals surface area contributed by atoms with Gasteiger partial charge in [-0.2, -0.15) is 0 Å². The molecule has 2 heterocycles. The lowest BCUT2D eigenvalue weighted by Crippen LogP contribution is -2.34. The molecule has 0 radical (unpaired) electrons. The van der Waals surface area contributed by atoms with Gasteiger partial charge in [-0.1, -0.05) is 43.3 Å². The van der Waals surface area contributed by atoms with Crippen molar-refractivity contribution in [3.05, 3.63) is 47.7 Å². The van der Waals surface area contributed by atoms with E-state index in [0.717, 1.165) is 40.3 Å². The van der Waals surface area contributed by atoms with Crippen molar-refractivity contribution in [1.82, 2.24) is 4.90 Å². The summed E-state index contributed by atoms with van der Waals surface area (Å²) in [4.78, 5) is 14.8. The molecule has 0 bridgehead atoms. The van der Waals surface area contributed by atoms with Crippen molar-refractivity contribution in [2.24, 2.45) is 11.1 Å². The van der Waals surface area contributed by atoms with Crippen LogP contribution < -0.4 is 5.73 Å². The second-order valence-electron chi connectivity index (χ2n) is 7.21. The summed E-state index contributed by atoms with van der Waals surface area (Å²) in [7, 11) is 0. The minimum atomic E-state index is -0.0232. The molecule has 4 nitrogen and oxygen atoms in total. The molecule has 1 unspecified atom stereocenters. The Kier molecular flexibility index (Phi) is 4.52. The fourth-order valence-corrected chi connectivity index (χ4v) is 3.66. The van der Waals surface area contributed by atoms with Gasteiger partial charge in [0.15, 0.2) is 5.76 Å². The summed E-state index contributed by atoms with van der Waals surface area (Å²) in [5, 5.41) is 3.18. The molecule has 0 aliphatic carbocycles. The molecule has 132 valence electrons. The molecule has 1 saturated heterocycles. The van der Waals surface area contributed by atoms with Gasteiger partial charge in [0.25, 0.3) is 5.91 Å². The van der Waals surface area contributed by atoms with E-state index in [-0.39, 0.29) is 23.7 Å². The number of likely N-dealkylation sites (tertiary alicyclic amines) is 1. The average molecular weight is 359 g/mol. The summed E-state index contributed by atoms with van der Waals surface area (Å²) in [6.07, 6.45) is 0.942. The third-order valence-electron chi connectivity index (χ3n) is 5.36. The highest BCUT2D eigenvalue weighted by molar-refractivity contribution is 6.08. The minimum absolute atomic E-state index is 0. The van der Waals surface area contributed by atoms with Crippen molar-refractivity contribution in [3.8, 4) is 0 Å². The standard InChI is InChI=1S/C20H22N2O2.ClH/c1-13-15-8-7-14-5-3-4-6-16(14)18(15)24-17(13)19(23)22-10-9-20(2,11-21)12-22;/h3-8H,9-12,21H2,1-2H3;1H. The smallest absolute Gasteiger partial charge is 0.289 e. The zero-order valence-corrected chi connectivity index (χ0v) is 15.4. The molecule has 0 spiro atoms. The molecule has 2 aromatic carbocycles. The zero-order valence-electron chi connectivity index (χ0n) is 14.5. The number of fused-ring (bicyclic) bond motifs is 3. The Morgan fingerprint density at radius 3 is 2.72 bits per heavy atom. The predicted octanol–water partition coefficient (Wildman–Crippen LogP) is 4.13. The Morgan fingerprint density at radius 1 is 1.24 bits per heavy atom. The van der Waals surface area contributed by atoms with Crippen LogP contribution in [0.15, 0.2) is 40.8 Å². The number of carbonyl (C=O) groups excluding carboxylic acids is 1. The van der Waals surface area contributed by atoms with Crippen LogP contribution in [0.25, 0.3) is 21.7 Å². The molecule has 5 heteroatoms. The SMILES string of the molecule is Cc1c(C(=O)N2CCC(C)(CN)C2)oc2c1ccc1ccccc12.Cl. The Balaban J connectivity index is 0.00000182. The number of furan rings is 1. The number of aryl methyl sites for hydroxylation is 1. The van der Waals surface area contributed by atoms with E-state index in [2.05, 4.69) is 19.1 Å². The Labute approximate surface area is 153 Å². The van der Waals surface area contributed by atoms with Gasteiger partial charge in [0.1, 0.15) is 5.58 Å². The van der Waals surface area contributed by atoms with E-state index in [1.165, 1.54) is 0 Å². The van der Waals surface area contributed by atoms with E-state index in [0.29, 0.717) is 18.8 Å². The molecular weight excluding hydrogens is 336 g/mol. The maximum atomic E-state index is 13.0. The van der Waals surface area contributed by atoms with Gasteiger partial charge in [0.05, 0.1) is 0 Å². The highest BCUT2D eigenvalue weighted by Gasteiger charge is 2.36. The second-order valence-corrected chi connectivity index (χ2v) is 7.21. The van der Waals surface area contributed by atoms with Crippen LogP contribution in [0, 0.1) is 12.3 Å². The van der Waals surface area contributed by atoms with E-state index in [1.807, 2.05) is 36.1 Å². The first-order valence-corrected chi connectivity index (χ1v) is 8.43. The zero-order chi connectivity index (χ0) is 16.9. The summed E-state index contributed by atoms with van der Waals surface area (Å²) in [5.41, 5.74) is 7.60. The van der Waals surface area contributed by atoms with Crippen LogP contribution in [0.1, 0.15) is 29.5 Å². The van der Waals surface area contributed by atoms with Crippen molar-refractivity contribution < 1.29 is 9.21 Å². The number of hydrogen-bond acceptors (Lipinski definition) is 3. The quantitative estimate of drug-likeness (QED) is 0.749. The highest BCUT2D eigenvalue weighted by atomic mass is 35.5. The first-order chi connectivity index (χ1) is 11.5. The van der Waals surface area contributed by atoms with Crippen molar-refractivity contribution >= 4 is 40.1 Å². The van der Waals surface area contributed by atoms with Gasteiger partial charge in [-0.05, 0) is 30.7 Å². The first-order valence-electron chi connectivity index (χ1n) is 8.43. The van der Waals surface area contributed by atoms with Crippen LogP contribution in [0.4, 0.5) is 0 Å². The summed E-state index contributed by atoms with van der Waals surface area (Å²) in [6.45, 7) is 6.13. The van der Waals surface area contributed by atoms with Gasteiger partial charge in [-0.3, -0.25) is 4.79 Å². The van der Waals surface area contributed by atoms with Crippen LogP contribution in [0.5, 0.6) is 0 Å². The fraction of sp³-hybridized carbons (Fsp3) is 0.350. The van der Waals surface area contributed by atoms with Crippen LogP contribution in [-0.4, -0.2) is 30.4 Å². The monoisotopic (exact) mass is 358 g/mol. The van der Waals surface area contributed by atoms with Crippen molar-refractivity contribution in [3.63, 3.8) is 0 Å². The summed E-state index contributed by atoms with van der Waals surface area (Å²) >= 11 is 0. The van der Waals surface area contributed by atoms with E-state index in [1.54, 1.807) is 0 Å². The summed E-state index contributed by atoms with van der Waals surface area (Å²) in [5.74, 6) is 0.438. The van der Waals surface area contributed by atoms with E-state index >= 15 is 0 Å². The minimum Gasteiger partial charge on any atom is -0.450 e. The Bertz CT molecular complexity index is 949. The van der Waals surface area contributed by atoms with E-state index < -0.39 is 0 Å². The van der Waals surface area contributed by atoms with Crippen LogP contribution in [-0.2, 0) is 0 Å². The molecule has 1 aliphatic heterocycles. The number of nitrogens with zero attached hydrogens (tertiary/aromatic N) is 1. The maximum absolute atomic E-state index is 13.0. The average Bonchev–Trinajstić information content (AvgIpc) is 3.16. The van der Waals surface area contributed by atoms with Crippen molar-refractivity contribution in [1.29, 1.82) is 0 Å².